The fourth-order valence-corrected chi connectivity index (χ4v) is 4.32. The molecular formula is C23H22ClN3O5S. The third kappa shape index (κ3) is 5.88. The Kier molecular flexibility index (Phi) is 7.04. The van der Waals surface area contributed by atoms with Crippen molar-refractivity contribution in [3.63, 3.8) is 0 Å². The second-order valence-corrected chi connectivity index (χ2v) is 9.95. The molecule has 0 unspecified atom stereocenters. The number of hydrogen-bond acceptors (Lipinski definition) is 5. The van der Waals surface area contributed by atoms with Crippen LogP contribution in [0.5, 0.6) is 0 Å². The monoisotopic (exact) mass is 487 g/mol. The molecule has 0 saturated heterocycles. The molecule has 10 heteroatoms. The Hall–Kier alpha value is -3.43. The number of nitro groups is 1. The third-order valence-electron chi connectivity index (χ3n) is 4.98. The minimum absolute atomic E-state index is 0.0989. The predicted molar refractivity (Wildman–Crippen MR) is 129 cm³/mol. The summed E-state index contributed by atoms with van der Waals surface area (Å²) in [6.07, 6.45) is 1.15. The van der Waals surface area contributed by atoms with E-state index in [4.69, 9.17) is 11.6 Å². The number of sulfonamides is 1. The molecule has 3 aromatic carbocycles. The molecule has 0 saturated carbocycles. The van der Waals surface area contributed by atoms with Gasteiger partial charge in [-0.25, -0.2) is 8.42 Å². The largest absolute Gasteiger partial charge is 0.320 e. The molecule has 0 aromatic heterocycles. The van der Waals surface area contributed by atoms with Crippen LogP contribution < -0.4 is 9.62 Å². The van der Waals surface area contributed by atoms with Crippen LogP contribution in [0.1, 0.15) is 27.0 Å². The van der Waals surface area contributed by atoms with Crippen LogP contribution in [0.25, 0.3) is 0 Å². The molecule has 0 aliphatic carbocycles. The van der Waals surface area contributed by atoms with E-state index in [1.54, 1.807) is 24.3 Å². The molecule has 0 spiro atoms. The highest BCUT2D eigenvalue weighted by Gasteiger charge is 2.20. The molecule has 0 radical (unpaired) electrons. The summed E-state index contributed by atoms with van der Waals surface area (Å²) in [5.74, 6) is -0.501. The zero-order valence-corrected chi connectivity index (χ0v) is 19.8. The number of aryl methyl sites for hydroxylation is 2. The first kappa shape index (κ1) is 24.2. The van der Waals surface area contributed by atoms with Gasteiger partial charge in [0.1, 0.15) is 0 Å². The highest BCUT2D eigenvalue weighted by Crippen LogP contribution is 2.28. The van der Waals surface area contributed by atoms with Crippen LogP contribution in [0.15, 0.2) is 60.7 Å². The SMILES string of the molecule is Cc1ccc(C)c(N(Cc2ccc(C(=O)Nc3cc([N+](=O)[O-])ccc3Cl)cc2)S(C)(=O)=O)c1. The zero-order valence-electron chi connectivity index (χ0n) is 18.2. The fourth-order valence-electron chi connectivity index (χ4n) is 3.21. The summed E-state index contributed by atoms with van der Waals surface area (Å²) in [5, 5.41) is 13.7. The lowest BCUT2D eigenvalue weighted by molar-refractivity contribution is -0.384. The number of nitrogens with zero attached hydrogens (tertiary/aromatic N) is 2. The van der Waals surface area contributed by atoms with Gasteiger partial charge in [-0.05, 0) is 54.8 Å². The van der Waals surface area contributed by atoms with Crippen LogP contribution in [-0.2, 0) is 16.6 Å². The van der Waals surface area contributed by atoms with Crippen molar-refractivity contribution in [2.75, 3.05) is 15.9 Å². The van der Waals surface area contributed by atoms with Crippen molar-refractivity contribution >= 4 is 44.6 Å². The topological polar surface area (TPSA) is 110 Å². The first-order valence-electron chi connectivity index (χ1n) is 9.85. The molecule has 8 nitrogen and oxygen atoms in total. The first-order chi connectivity index (χ1) is 15.5. The van der Waals surface area contributed by atoms with Crippen LogP contribution in [0, 0.1) is 24.0 Å². The van der Waals surface area contributed by atoms with Gasteiger partial charge in [0.15, 0.2) is 0 Å². The molecule has 0 heterocycles. The molecule has 0 aliphatic heterocycles. The van der Waals surface area contributed by atoms with Gasteiger partial charge in [0.05, 0.1) is 34.1 Å². The third-order valence-corrected chi connectivity index (χ3v) is 6.44. The number of amides is 1. The van der Waals surface area contributed by atoms with Gasteiger partial charge in [-0.2, -0.15) is 0 Å². The van der Waals surface area contributed by atoms with E-state index in [-0.39, 0.29) is 22.9 Å². The average molecular weight is 488 g/mol. The molecule has 0 atom stereocenters. The summed E-state index contributed by atoms with van der Waals surface area (Å²) in [6, 6.07) is 15.8. The number of carbonyl (C=O) groups is 1. The van der Waals surface area contributed by atoms with Crippen LogP contribution in [0.4, 0.5) is 17.1 Å². The number of nitrogens with one attached hydrogen (secondary N) is 1. The Morgan fingerprint density at radius 2 is 1.73 bits per heavy atom. The molecule has 1 N–H and O–H groups in total. The van der Waals surface area contributed by atoms with E-state index in [0.717, 1.165) is 17.4 Å². The molecule has 0 bridgehead atoms. The van der Waals surface area contributed by atoms with Crippen LogP contribution in [0.2, 0.25) is 5.02 Å². The minimum Gasteiger partial charge on any atom is -0.320 e. The quantitative estimate of drug-likeness (QED) is 0.369. The molecule has 3 rings (SSSR count). The maximum Gasteiger partial charge on any atom is 0.271 e. The van der Waals surface area contributed by atoms with Crippen molar-refractivity contribution < 1.29 is 18.1 Å². The molecule has 3 aromatic rings. The lowest BCUT2D eigenvalue weighted by Crippen LogP contribution is -2.30. The van der Waals surface area contributed by atoms with E-state index in [0.29, 0.717) is 16.8 Å². The summed E-state index contributed by atoms with van der Waals surface area (Å²) in [6.45, 7) is 3.84. The van der Waals surface area contributed by atoms with E-state index in [2.05, 4.69) is 5.32 Å². The Bertz CT molecular complexity index is 1320. The Labute approximate surface area is 197 Å². The minimum atomic E-state index is -3.55. The maximum atomic E-state index is 12.6. The van der Waals surface area contributed by atoms with Gasteiger partial charge < -0.3 is 5.32 Å². The van der Waals surface area contributed by atoms with Gasteiger partial charge >= 0.3 is 0 Å². The van der Waals surface area contributed by atoms with Crippen molar-refractivity contribution in [2.45, 2.75) is 20.4 Å². The summed E-state index contributed by atoms with van der Waals surface area (Å²) >= 11 is 6.04. The van der Waals surface area contributed by atoms with Crippen molar-refractivity contribution in [1.82, 2.24) is 0 Å². The van der Waals surface area contributed by atoms with Crippen LogP contribution in [0.3, 0.4) is 0 Å². The van der Waals surface area contributed by atoms with Gasteiger partial charge in [0.25, 0.3) is 11.6 Å². The molecule has 172 valence electrons. The second kappa shape index (κ2) is 9.60. The average Bonchev–Trinajstić information content (AvgIpc) is 2.75. The predicted octanol–water partition coefficient (Wildman–Crippen LogP) is 5.08. The van der Waals surface area contributed by atoms with Crippen molar-refractivity contribution in [1.29, 1.82) is 0 Å². The van der Waals surface area contributed by atoms with E-state index in [9.17, 15) is 23.3 Å². The normalized spacial score (nSPS) is 11.2. The number of nitro benzene ring substituents is 1. The lowest BCUT2D eigenvalue weighted by Gasteiger charge is -2.25. The van der Waals surface area contributed by atoms with Crippen molar-refractivity contribution in [2.24, 2.45) is 0 Å². The number of hydrogen-bond donors (Lipinski definition) is 1. The molecule has 0 aliphatic rings. The highest BCUT2D eigenvalue weighted by molar-refractivity contribution is 7.92. The fraction of sp³-hybridized carbons (Fsp3) is 0.174. The van der Waals surface area contributed by atoms with Gasteiger partial charge in [-0.15, -0.1) is 0 Å². The summed E-state index contributed by atoms with van der Waals surface area (Å²) in [4.78, 5) is 23.0. The van der Waals surface area contributed by atoms with Crippen molar-refractivity contribution in [3.8, 4) is 0 Å². The van der Waals surface area contributed by atoms with Gasteiger partial charge in [-0.3, -0.25) is 19.2 Å². The summed E-state index contributed by atoms with van der Waals surface area (Å²) in [5.41, 5.74) is 3.27. The van der Waals surface area contributed by atoms with E-state index in [1.165, 1.54) is 22.5 Å². The molecular weight excluding hydrogens is 466 g/mol. The zero-order chi connectivity index (χ0) is 24.3. The number of benzene rings is 3. The Morgan fingerprint density at radius 1 is 1.06 bits per heavy atom. The van der Waals surface area contributed by atoms with E-state index >= 15 is 0 Å². The number of carbonyl (C=O) groups excluding carboxylic acids is 1. The standard InChI is InChI=1S/C23H22ClN3O5S/c1-15-4-5-16(2)22(12-15)26(33(3,31)32)14-17-6-8-18(9-7-17)23(28)25-21-13-19(27(29)30)10-11-20(21)24/h4-13H,14H2,1-3H3,(H,25,28). The summed E-state index contributed by atoms with van der Waals surface area (Å²) < 4.78 is 26.3. The molecule has 33 heavy (non-hydrogen) atoms. The van der Waals surface area contributed by atoms with Gasteiger partial charge in [0.2, 0.25) is 10.0 Å². The maximum absolute atomic E-state index is 12.6. The van der Waals surface area contributed by atoms with E-state index < -0.39 is 20.9 Å². The Morgan fingerprint density at radius 3 is 2.33 bits per heavy atom. The van der Waals surface area contributed by atoms with E-state index in [1.807, 2.05) is 32.0 Å². The van der Waals surface area contributed by atoms with Crippen molar-refractivity contribution in [3.05, 3.63) is 98.1 Å². The first-order valence-corrected chi connectivity index (χ1v) is 12.1. The van der Waals surface area contributed by atoms with Crippen LogP contribution in [-0.4, -0.2) is 25.5 Å². The van der Waals surface area contributed by atoms with Gasteiger partial charge in [-0.1, -0.05) is 35.9 Å². The smallest absolute Gasteiger partial charge is 0.271 e. The lowest BCUT2D eigenvalue weighted by atomic mass is 10.1. The highest BCUT2D eigenvalue weighted by atomic mass is 35.5. The Balaban J connectivity index is 1.82. The number of halogens is 1. The number of rotatable bonds is 7. The molecule has 0 fully saturated rings. The molecule has 1 amide bonds. The van der Waals surface area contributed by atoms with Crippen LogP contribution >= 0.6 is 11.6 Å². The van der Waals surface area contributed by atoms with Gasteiger partial charge in [0, 0.05) is 17.7 Å². The second-order valence-electron chi connectivity index (χ2n) is 7.63. The summed E-state index contributed by atoms with van der Waals surface area (Å²) in [7, 11) is -3.55. The number of non-ortho nitro benzene ring substituents is 1. The number of anilines is 2.